The molecule has 0 atom stereocenters. The third-order valence-corrected chi connectivity index (χ3v) is 4.15. The van der Waals surface area contributed by atoms with Gasteiger partial charge in [-0.05, 0) is 42.5 Å². The average Bonchev–Trinajstić information content (AvgIpc) is 2.99. The van der Waals surface area contributed by atoms with Crippen LogP contribution in [0.25, 0.3) is 0 Å². The zero-order valence-corrected chi connectivity index (χ0v) is 12.9. The van der Waals surface area contributed by atoms with E-state index in [-0.39, 0.29) is 5.91 Å². The van der Waals surface area contributed by atoms with Crippen LogP contribution in [-0.2, 0) is 11.2 Å². The summed E-state index contributed by atoms with van der Waals surface area (Å²) >= 11 is 1.76. The van der Waals surface area contributed by atoms with Crippen molar-refractivity contribution in [1.82, 2.24) is 0 Å². The first kappa shape index (κ1) is 15.5. The molecule has 5 heteroatoms. The van der Waals surface area contributed by atoms with Crippen LogP contribution in [0.3, 0.4) is 0 Å². The highest BCUT2D eigenvalue weighted by atomic mass is 32.2. The number of amides is 1. The Morgan fingerprint density at radius 3 is 2.95 bits per heavy atom. The summed E-state index contributed by atoms with van der Waals surface area (Å²) < 4.78 is 5.21. The van der Waals surface area contributed by atoms with Crippen LogP contribution in [0.4, 0.5) is 11.4 Å². The molecule has 0 aliphatic rings. The fourth-order valence-electron chi connectivity index (χ4n) is 1.86. The highest BCUT2D eigenvalue weighted by Gasteiger charge is 2.08. The number of nitrogens with one attached hydrogen (secondary N) is 1. The molecule has 1 amide bonds. The van der Waals surface area contributed by atoms with Gasteiger partial charge in [0, 0.05) is 17.7 Å². The monoisotopic (exact) mass is 304 g/mol. The highest BCUT2D eigenvalue weighted by Crippen LogP contribution is 2.27. The molecule has 0 fully saturated rings. The van der Waals surface area contributed by atoms with Crippen molar-refractivity contribution in [2.24, 2.45) is 0 Å². The molecular formula is C16H20N2O2S. The quantitative estimate of drug-likeness (QED) is 0.600. The lowest BCUT2D eigenvalue weighted by atomic mass is 10.2. The number of benzene rings is 1. The Morgan fingerprint density at radius 1 is 1.38 bits per heavy atom. The molecule has 0 saturated carbocycles. The van der Waals surface area contributed by atoms with Crippen LogP contribution in [0, 0.1) is 0 Å². The highest BCUT2D eigenvalue weighted by molar-refractivity contribution is 7.99. The summed E-state index contributed by atoms with van der Waals surface area (Å²) in [4.78, 5) is 13.1. The molecular weight excluding hydrogens is 284 g/mol. The topological polar surface area (TPSA) is 68.3 Å². The van der Waals surface area contributed by atoms with Gasteiger partial charge in [0.2, 0.25) is 5.91 Å². The molecule has 0 aliphatic heterocycles. The van der Waals surface area contributed by atoms with Crippen LogP contribution in [-0.4, -0.2) is 11.7 Å². The number of anilines is 2. The van der Waals surface area contributed by atoms with Crippen molar-refractivity contribution in [3.63, 3.8) is 0 Å². The lowest BCUT2D eigenvalue weighted by Crippen LogP contribution is -2.13. The molecule has 1 aromatic carbocycles. The number of carbonyl (C=O) groups is 1. The minimum atomic E-state index is -0.0595. The van der Waals surface area contributed by atoms with E-state index < -0.39 is 0 Å². The fraction of sp³-hybridized carbons (Fsp3) is 0.312. The molecule has 3 N–H and O–H groups in total. The number of thioether (sulfide) groups is 1. The Kier molecular flexibility index (Phi) is 5.75. The van der Waals surface area contributed by atoms with E-state index in [1.54, 1.807) is 18.0 Å². The van der Waals surface area contributed by atoms with Crippen LogP contribution in [0.2, 0.25) is 0 Å². The molecule has 0 spiro atoms. The number of nitrogens with two attached hydrogens (primary N) is 1. The number of carbonyl (C=O) groups excluding carboxylic acids is 1. The third kappa shape index (κ3) is 4.86. The second-order valence-corrected chi connectivity index (χ2v) is 5.89. The summed E-state index contributed by atoms with van der Waals surface area (Å²) in [6.45, 7) is 2.14. The van der Waals surface area contributed by atoms with Crippen molar-refractivity contribution < 1.29 is 9.21 Å². The summed E-state index contributed by atoms with van der Waals surface area (Å²) in [7, 11) is 0. The van der Waals surface area contributed by atoms with E-state index in [9.17, 15) is 4.79 Å². The molecule has 1 aromatic heterocycles. The molecule has 0 radical (unpaired) electrons. The predicted molar refractivity (Wildman–Crippen MR) is 87.5 cm³/mol. The van der Waals surface area contributed by atoms with Crippen molar-refractivity contribution in [2.45, 2.75) is 31.1 Å². The first-order valence-corrected chi connectivity index (χ1v) is 8.02. The van der Waals surface area contributed by atoms with E-state index >= 15 is 0 Å². The summed E-state index contributed by atoms with van der Waals surface area (Å²) in [5.74, 6) is 1.80. The second kappa shape index (κ2) is 7.78. The normalized spacial score (nSPS) is 10.5. The van der Waals surface area contributed by atoms with Gasteiger partial charge in [-0.25, -0.2) is 0 Å². The number of hydrogen-bond donors (Lipinski definition) is 2. The average molecular weight is 304 g/mol. The smallest absolute Gasteiger partial charge is 0.224 e. The van der Waals surface area contributed by atoms with E-state index in [1.807, 2.05) is 30.3 Å². The maximum Gasteiger partial charge on any atom is 0.224 e. The van der Waals surface area contributed by atoms with E-state index in [0.29, 0.717) is 24.2 Å². The fourth-order valence-corrected chi connectivity index (χ4v) is 2.66. The molecule has 0 saturated heterocycles. The van der Waals surface area contributed by atoms with Crippen molar-refractivity contribution >= 4 is 29.0 Å². The maximum atomic E-state index is 12.0. The van der Waals surface area contributed by atoms with E-state index in [4.69, 9.17) is 10.2 Å². The van der Waals surface area contributed by atoms with Gasteiger partial charge < -0.3 is 15.5 Å². The lowest BCUT2D eigenvalue weighted by Gasteiger charge is -2.10. The zero-order chi connectivity index (χ0) is 15.1. The number of hydrogen-bond acceptors (Lipinski definition) is 4. The van der Waals surface area contributed by atoms with Crippen molar-refractivity contribution in [3.8, 4) is 0 Å². The van der Waals surface area contributed by atoms with Crippen molar-refractivity contribution in [3.05, 3.63) is 42.4 Å². The summed E-state index contributed by atoms with van der Waals surface area (Å²) in [6.07, 6.45) is 3.68. The van der Waals surface area contributed by atoms with Crippen molar-refractivity contribution in [2.75, 3.05) is 16.8 Å². The number of rotatable bonds is 7. The molecule has 0 bridgehead atoms. The minimum absolute atomic E-state index is 0.0595. The van der Waals surface area contributed by atoms with E-state index in [2.05, 4.69) is 12.2 Å². The Balaban J connectivity index is 1.92. The molecule has 0 aliphatic carbocycles. The zero-order valence-electron chi connectivity index (χ0n) is 12.1. The molecule has 4 nitrogen and oxygen atoms in total. The van der Waals surface area contributed by atoms with E-state index in [0.717, 1.165) is 22.8 Å². The Hall–Kier alpha value is -1.88. The summed E-state index contributed by atoms with van der Waals surface area (Å²) in [6, 6.07) is 9.43. The van der Waals surface area contributed by atoms with Gasteiger partial charge in [0.15, 0.2) is 0 Å². The van der Waals surface area contributed by atoms with Crippen LogP contribution in [0.5, 0.6) is 0 Å². The molecule has 1 heterocycles. The van der Waals surface area contributed by atoms with Gasteiger partial charge >= 0.3 is 0 Å². The van der Waals surface area contributed by atoms with Gasteiger partial charge in [-0.3, -0.25) is 4.79 Å². The Bertz CT molecular complexity index is 582. The molecule has 2 rings (SSSR count). The van der Waals surface area contributed by atoms with Crippen LogP contribution in [0.15, 0.2) is 45.9 Å². The molecule has 0 unspecified atom stereocenters. The Labute approximate surface area is 129 Å². The number of aryl methyl sites for hydroxylation is 1. The second-order valence-electron chi connectivity index (χ2n) is 4.73. The first-order valence-electron chi connectivity index (χ1n) is 7.03. The SMILES string of the molecule is CCCSc1ccc(N)c(NC(=O)CCc2ccco2)c1. The van der Waals surface area contributed by atoms with Gasteiger partial charge in [0.05, 0.1) is 17.6 Å². The largest absolute Gasteiger partial charge is 0.469 e. The first-order chi connectivity index (χ1) is 10.2. The molecule has 2 aromatic rings. The van der Waals surface area contributed by atoms with Crippen LogP contribution >= 0.6 is 11.8 Å². The Morgan fingerprint density at radius 2 is 2.24 bits per heavy atom. The minimum Gasteiger partial charge on any atom is -0.469 e. The lowest BCUT2D eigenvalue weighted by molar-refractivity contribution is -0.116. The van der Waals surface area contributed by atoms with Crippen LogP contribution < -0.4 is 11.1 Å². The van der Waals surface area contributed by atoms with Crippen molar-refractivity contribution in [1.29, 1.82) is 0 Å². The van der Waals surface area contributed by atoms with Gasteiger partial charge in [0.1, 0.15) is 5.76 Å². The van der Waals surface area contributed by atoms with Gasteiger partial charge in [-0.1, -0.05) is 6.92 Å². The van der Waals surface area contributed by atoms with E-state index in [1.165, 1.54) is 0 Å². The van der Waals surface area contributed by atoms with Gasteiger partial charge in [-0.2, -0.15) is 0 Å². The third-order valence-electron chi connectivity index (χ3n) is 2.95. The number of furan rings is 1. The van der Waals surface area contributed by atoms with Gasteiger partial charge in [-0.15, -0.1) is 11.8 Å². The summed E-state index contributed by atoms with van der Waals surface area (Å²) in [5, 5.41) is 2.87. The maximum absolute atomic E-state index is 12.0. The van der Waals surface area contributed by atoms with Crippen LogP contribution in [0.1, 0.15) is 25.5 Å². The predicted octanol–water partition coefficient (Wildman–Crippen LogP) is 3.94. The molecule has 112 valence electrons. The number of nitrogen functional groups attached to an aromatic ring is 1. The van der Waals surface area contributed by atoms with Gasteiger partial charge in [0.25, 0.3) is 0 Å². The molecule has 21 heavy (non-hydrogen) atoms. The standard InChI is InChI=1S/C16H20N2O2S/c1-2-10-21-13-6-7-14(17)15(11-13)18-16(19)8-5-12-4-3-9-20-12/h3-4,6-7,9,11H,2,5,8,10,17H2,1H3,(H,18,19). The summed E-state index contributed by atoms with van der Waals surface area (Å²) in [5.41, 5.74) is 7.18.